The van der Waals surface area contributed by atoms with Crippen LogP contribution >= 0.6 is 0 Å². The third-order valence-corrected chi connectivity index (χ3v) is 3.99. The highest BCUT2D eigenvalue weighted by molar-refractivity contribution is 6.05. The van der Waals surface area contributed by atoms with Gasteiger partial charge in [-0.2, -0.15) is 0 Å². The summed E-state index contributed by atoms with van der Waals surface area (Å²) in [6, 6.07) is 24.5. The topological polar surface area (TPSA) is 22.3 Å². The van der Waals surface area contributed by atoms with Gasteiger partial charge in [-0.3, -0.25) is 4.84 Å². The summed E-state index contributed by atoms with van der Waals surface area (Å²) in [6.07, 6.45) is 1.85. The van der Waals surface area contributed by atoms with Crippen LogP contribution in [-0.2, 0) is 0 Å². The van der Waals surface area contributed by atoms with E-state index in [0.717, 1.165) is 27.3 Å². The molecule has 4 aromatic rings. The van der Waals surface area contributed by atoms with Crippen molar-refractivity contribution in [2.45, 2.75) is 6.92 Å². The van der Waals surface area contributed by atoms with E-state index in [9.17, 15) is 0 Å². The summed E-state index contributed by atoms with van der Waals surface area (Å²) in [5.74, 6) is 1.50. The lowest BCUT2D eigenvalue weighted by Gasteiger charge is -2.11. The molecule has 0 aliphatic heterocycles. The molecule has 0 radical (unpaired) electrons. The first kappa shape index (κ1) is 14.5. The van der Waals surface area contributed by atoms with E-state index in [2.05, 4.69) is 30.3 Å². The van der Waals surface area contributed by atoms with E-state index < -0.39 is 0 Å². The van der Waals surface area contributed by atoms with Gasteiger partial charge < -0.3 is 4.74 Å². The van der Waals surface area contributed by atoms with Crippen LogP contribution in [-0.4, -0.2) is 6.61 Å². The Balaban J connectivity index is 1.94. The van der Waals surface area contributed by atoms with E-state index in [-0.39, 0.29) is 0 Å². The van der Waals surface area contributed by atoms with Gasteiger partial charge in [0.1, 0.15) is 5.75 Å². The molecule has 0 aliphatic carbocycles. The fraction of sp³-hybridized carbons (Fsp3) is 0.0952. The number of nitrogens with zero attached hydrogens (tertiary/aromatic N) is 1. The van der Waals surface area contributed by atoms with E-state index >= 15 is 0 Å². The Labute approximate surface area is 140 Å². The molecule has 0 N–H and O–H groups in total. The highest BCUT2D eigenvalue weighted by Gasteiger charge is 2.17. The van der Waals surface area contributed by atoms with Gasteiger partial charge in [0.15, 0.2) is 6.61 Å². The van der Waals surface area contributed by atoms with Gasteiger partial charge in [-0.25, -0.2) is 0 Å². The maximum absolute atomic E-state index is 6.33. The molecule has 3 nitrogen and oxygen atoms in total. The molecular weight excluding hydrogens is 298 g/mol. The molecule has 0 aliphatic rings. The summed E-state index contributed by atoms with van der Waals surface area (Å²) >= 11 is 0. The zero-order valence-electron chi connectivity index (χ0n) is 13.5. The number of pyridine rings is 1. The summed E-state index contributed by atoms with van der Waals surface area (Å²) in [5.41, 5.74) is 0. The number of benzene rings is 3. The Hall–Kier alpha value is -3.07. The number of aromatic nitrogens is 1. The molecule has 0 spiro atoms. The highest BCUT2D eigenvalue weighted by atomic mass is 16.7. The molecule has 1 heterocycles. The number of hydrogen-bond donors (Lipinski definition) is 0. The standard InChI is InChI=1S/C21H18NO2/c1-2-23-22-14-8-7-13-20(22)24-21-18-11-5-3-9-16(18)15-17-10-4-6-12-19(17)21/h3-15H,2H2,1H3/q+1. The zero-order valence-corrected chi connectivity index (χ0v) is 13.5. The van der Waals surface area contributed by atoms with Gasteiger partial charge in [0.2, 0.25) is 6.20 Å². The monoisotopic (exact) mass is 316 g/mol. The van der Waals surface area contributed by atoms with Crippen molar-refractivity contribution in [1.29, 1.82) is 0 Å². The smallest absolute Gasteiger partial charge is 0.401 e. The van der Waals surface area contributed by atoms with E-state index in [1.54, 1.807) is 4.73 Å². The molecule has 118 valence electrons. The average molecular weight is 316 g/mol. The second-order valence-corrected chi connectivity index (χ2v) is 5.53. The van der Waals surface area contributed by atoms with E-state index in [0.29, 0.717) is 12.5 Å². The molecule has 0 unspecified atom stereocenters. The second kappa shape index (κ2) is 6.20. The number of hydrogen-bond acceptors (Lipinski definition) is 2. The van der Waals surface area contributed by atoms with Crippen molar-refractivity contribution in [2.75, 3.05) is 6.61 Å². The van der Waals surface area contributed by atoms with Crippen molar-refractivity contribution in [1.82, 2.24) is 0 Å². The van der Waals surface area contributed by atoms with E-state index in [1.165, 1.54) is 0 Å². The molecule has 0 saturated carbocycles. The largest absolute Gasteiger partial charge is 0.422 e. The molecule has 3 aromatic carbocycles. The van der Waals surface area contributed by atoms with Gasteiger partial charge in [0, 0.05) is 21.6 Å². The van der Waals surface area contributed by atoms with Crippen LogP contribution in [0.5, 0.6) is 11.6 Å². The van der Waals surface area contributed by atoms with Gasteiger partial charge in [-0.15, -0.1) is 0 Å². The molecule has 0 bridgehead atoms. The highest BCUT2D eigenvalue weighted by Crippen LogP contribution is 2.36. The van der Waals surface area contributed by atoms with Gasteiger partial charge in [0.05, 0.1) is 6.07 Å². The minimum absolute atomic E-state index is 0.571. The third-order valence-electron chi connectivity index (χ3n) is 3.99. The van der Waals surface area contributed by atoms with E-state index in [4.69, 9.17) is 9.57 Å². The van der Waals surface area contributed by atoms with Crippen molar-refractivity contribution in [2.24, 2.45) is 0 Å². The van der Waals surface area contributed by atoms with Crippen LogP contribution in [0.3, 0.4) is 0 Å². The molecule has 1 aromatic heterocycles. The minimum atomic E-state index is 0.571. The zero-order chi connectivity index (χ0) is 16.4. The Morgan fingerprint density at radius 3 is 2.08 bits per heavy atom. The Morgan fingerprint density at radius 1 is 0.792 bits per heavy atom. The van der Waals surface area contributed by atoms with Crippen LogP contribution < -0.4 is 14.3 Å². The average Bonchev–Trinajstić information content (AvgIpc) is 2.63. The van der Waals surface area contributed by atoms with Crippen LogP contribution in [0.1, 0.15) is 6.92 Å². The quantitative estimate of drug-likeness (QED) is 0.408. The van der Waals surface area contributed by atoms with Crippen molar-refractivity contribution in [3.8, 4) is 11.6 Å². The van der Waals surface area contributed by atoms with Gasteiger partial charge in [0.25, 0.3) is 0 Å². The summed E-state index contributed by atoms with van der Waals surface area (Å²) < 4.78 is 7.99. The van der Waals surface area contributed by atoms with Crippen LogP contribution in [0.4, 0.5) is 0 Å². The van der Waals surface area contributed by atoms with Crippen molar-refractivity contribution in [3.05, 3.63) is 79.0 Å². The SMILES string of the molecule is CCO[n+]1ccccc1Oc1c2ccccc2cc2ccccc12. The lowest BCUT2D eigenvalue weighted by Crippen LogP contribution is -2.43. The van der Waals surface area contributed by atoms with Crippen LogP contribution in [0.25, 0.3) is 21.5 Å². The number of fused-ring (bicyclic) bond motifs is 2. The summed E-state index contributed by atoms with van der Waals surface area (Å²) in [5, 5.41) is 4.49. The normalized spacial score (nSPS) is 10.9. The first-order valence-corrected chi connectivity index (χ1v) is 8.09. The number of rotatable bonds is 4. The van der Waals surface area contributed by atoms with Crippen LogP contribution in [0.2, 0.25) is 0 Å². The fourth-order valence-electron chi connectivity index (χ4n) is 2.92. The lowest BCUT2D eigenvalue weighted by atomic mass is 10.0. The van der Waals surface area contributed by atoms with Crippen molar-refractivity contribution < 1.29 is 14.3 Å². The maximum Gasteiger partial charge on any atom is 0.422 e. The summed E-state index contributed by atoms with van der Waals surface area (Å²) in [4.78, 5) is 5.63. The first-order valence-electron chi connectivity index (χ1n) is 8.09. The molecule has 0 saturated heterocycles. The van der Waals surface area contributed by atoms with Crippen molar-refractivity contribution in [3.63, 3.8) is 0 Å². The Bertz CT molecular complexity index is 957. The second-order valence-electron chi connectivity index (χ2n) is 5.53. The molecule has 24 heavy (non-hydrogen) atoms. The maximum atomic E-state index is 6.33. The van der Waals surface area contributed by atoms with Gasteiger partial charge in [-0.05, 0) is 29.8 Å². The fourth-order valence-corrected chi connectivity index (χ4v) is 2.92. The van der Waals surface area contributed by atoms with Crippen LogP contribution in [0, 0.1) is 0 Å². The predicted octanol–water partition coefficient (Wildman–Crippen LogP) is 4.52. The van der Waals surface area contributed by atoms with Crippen molar-refractivity contribution >= 4 is 21.5 Å². The lowest BCUT2D eigenvalue weighted by molar-refractivity contribution is -0.891. The van der Waals surface area contributed by atoms with E-state index in [1.807, 2.05) is 55.6 Å². The summed E-state index contributed by atoms with van der Waals surface area (Å²) in [6.45, 7) is 2.53. The molecule has 0 atom stereocenters. The molecule has 0 amide bonds. The first-order chi connectivity index (χ1) is 11.9. The molecular formula is C21H18NO2+. The number of ether oxygens (including phenoxy) is 1. The van der Waals surface area contributed by atoms with Crippen LogP contribution in [0.15, 0.2) is 79.0 Å². The Morgan fingerprint density at radius 2 is 1.42 bits per heavy atom. The Kier molecular flexibility index (Phi) is 3.75. The minimum Gasteiger partial charge on any atom is -0.401 e. The summed E-state index contributed by atoms with van der Waals surface area (Å²) in [7, 11) is 0. The molecule has 0 fully saturated rings. The van der Waals surface area contributed by atoms with Gasteiger partial charge >= 0.3 is 5.88 Å². The molecule has 4 rings (SSSR count). The predicted molar refractivity (Wildman–Crippen MR) is 95.3 cm³/mol. The third kappa shape index (κ3) is 2.54. The van der Waals surface area contributed by atoms with Gasteiger partial charge in [-0.1, -0.05) is 48.5 Å². The molecule has 3 heteroatoms.